The maximum atomic E-state index is 12.2. The van der Waals surface area contributed by atoms with E-state index in [4.69, 9.17) is 4.74 Å². The molecule has 1 aliphatic rings. The highest BCUT2D eigenvalue weighted by Crippen LogP contribution is 2.25. The number of phenolic OH excluding ortho intramolecular Hbond substituents is 2. The summed E-state index contributed by atoms with van der Waals surface area (Å²) < 4.78 is 5.48. The number of carbonyl (C=O) groups is 1. The highest BCUT2D eigenvalue weighted by molar-refractivity contribution is 5.94. The number of amides is 1. The summed E-state index contributed by atoms with van der Waals surface area (Å²) in [4.78, 5) is 14.0. The molecule has 1 amide bonds. The minimum Gasteiger partial charge on any atom is -0.504 e. The predicted octanol–water partition coefficient (Wildman–Crippen LogP) is 1.35. The van der Waals surface area contributed by atoms with Gasteiger partial charge in [0, 0.05) is 25.3 Å². The Morgan fingerprint density at radius 2 is 2.17 bits per heavy atom. The smallest absolute Gasteiger partial charge is 0.254 e. The molecule has 0 spiro atoms. The molecule has 0 aromatic heterocycles. The van der Waals surface area contributed by atoms with Crippen molar-refractivity contribution in [3.05, 3.63) is 23.8 Å². The van der Waals surface area contributed by atoms with Crippen LogP contribution in [0, 0.1) is 0 Å². The number of aromatic hydroxyl groups is 2. The first-order valence-electron chi connectivity index (χ1n) is 6.01. The first kappa shape index (κ1) is 12.7. The molecule has 1 aliphatic heterocycles. The molecule has 98 valence electrons. The van der Waals surface area contributed by atoms with Crippen molar-refractivity contribution in [2.75, 3.05) is 19.7 Å². The lowest BCUT2D eigenvalue weighted by atomic mass is 10.1. The predicted molar refractivity (Wildman–Crippen MR) is 65.7 cm³/mol. The van der Waals surface area contributed by atoms with Crippen LogP contribution >= 0.6 is 0 Å². The highest BCUT2D eigenvalue weighted by atomic mass is 16.5. The zero-order valence-corrected chi connectivity index (χ0v) is 10.3. The molecule has 0 aliphatic carbocycles. The summed E-state index contributed by atoms with van der Waals surface area (Å²) in [6, 6.07) is 4.11. The lowest BCUT2D eigenvalue weighted by Gasteiger charge is -2.22. The zero-order valence-electron chi connectivity index (χ0n) is 10.3. The molecule has 0 radical (unpaired) electrons. The van der Waals surface area contributed by atoms with Crippen LogP contribution in [0.1, 0.15) is 23.7 Å². The second-order valence-electron chi connectivity index (χ2n) is 4.49. The van der Waals surface area contributed by atoms with Gasteiger partial charge in [-0.3, -0.25) is 4.79 Å². The Balaban J connectivity index is 2.16. The second kappa shape index (κ2) is 5.27. The minimum atomic E-state index is -0.278. The summed E-state index contributed by atoms with van der Waals surface area (Å²) in [5.74, 6) is -0.651. The molecule has 1 unspecified atom stereocenters. The Labute approximate surface area is 106 Å². The van der Waals surface area contributed by atoms with Crippen LogP contribution in [0.5, 0.6) is 11.5 Å². The topological polar surface area (TPSA) is 70.0 Å². The van der Waals surface area contributed by atoms with Crippen LogP contribution < -0.4 is 0 Å². The van der Waals surface area contributed by atoms with E-state index in [1.165, 1.54) is 18.2 Å². The fourth-order valence-corrected chi connectivity index (χ4v) is 2.02. The third-order valence-corrected chi connectivity index (χ3v) is 2.96. The van der Waals surface area contributed by atoms with Gasteiger partial charge in [-0.25, -0.2) is 0 Å². The molecule has 5 heteroatoms. The molecule has 2 N–H and O–H groups in total. The quantitative estimate of drug-likeness (QED) is 0.739. The molecule has 1 heterocycles. The largest absolute Gasteiger partial charge is 0.504 e. The van der Waals surface area contributed by atoms with Gasteiger partial charge in [0.2, 0.25) is 0 Å². The van der Waals surface area contributed by atoms with Gasteiger partial charge in [0.15, 0.2) is 11.5 Å². The Hall–Kier alpha value is -1.75. The molecule has 18 heavy (non-hydrogen) atoms. The molecule has 2 rings (SSSR count). The van der Waals surface area contributed by atoms with Crippen LogP contribution in [0.15, 0.2) is 18.2 Å². The first-order valence-corrected chi connectivity index (χ1v) is 6.01. The van der Waals surface area contributed by atoms with Gasteiger partial charge < -0.3 is 19.8 Å². The molecule has 1 aromatic carbocycles. The van der Waals surface area contributed by atoms with Crippen molar-refractivity contribution in [3.8, 4) is 11.5 Å². The molecule has 1 fully saturated rings. The summed E-state index contributed by atoms with van der Waals surface area (Å²) in [5, 5.41) is 18.6. The number of hydrogen-bond acceptors (Lipinski definition) is 4. The van der Waals surface area contributed by atoms with Crippen molar-refractivity contribution in [1.82, 2.24) is 4.90 Å². The van der Waals surface area contributed by atoms with Crippen molar-refractivity contribution in [2.45, 2.75) is 19.4 Å². The number of carbonyl (C=O) groups excluding carboxylic acids is 1. The Kier molecular flexibility index (Phi) is 3.72. The molecule has 0 saturated carbocycles. The summed E-state index contributed by atoms with van der Waals surface area (Å²) in [6.45, 7) is 3.77. The Morgan fingerprint density at radius 1 is 1.39 bits per heavy atom. The van der Waals surface area contributed by atoms with Gasteiger partial charge in [0.1, 0.15) is 0 Å². The van der Waals surface area contributed by atoms with E-state index in [0.717, 1.165) is 6.42 Å². The van der Waals surface area contributed by atoms with Crippen LogP contribution in [0.2, 0.25) is 0 Å². The lowest BCUT2D eigenvalue weighted by Crippen LogP contribution is -2.35. The maximum absolute atomic E-state index is 12.2. The van der Waals surface area contributed by atoms with Crippen molar-refractivity contribution in [2.24, 2.45) is 0 Å². The summed E-state index contributed by atoms with van der Waals surface area (Å²) in [7, 11) is 0. The number of nitrogens with zero attached hydrogens (tertiary/aromatic N) is 1. The van der Waals surface area contributed by atoms with Crippen molar-refractivity contribution in [1.29, 1.82) is 0 Å². The molecular formula is C13H17NO4. The van der Waals surface area contributed by atoms with Gasteiger partial charge in [0.05, 0.1) is 6.10 Å². The number of phenols is 2. The van der Waals surface area contributed by atoms with E-state index in [1.54, 1.807) is 4.90 Å². The van der Waals surface area contributed by atoms with Crippen LogP contribution in [0.25, 0.3) is 0 Å². The van der Waals surface area contributed by atoms with Crippen LogP contribution in [0.4, 0.5) is 0 Å². The van der Waals surface area contributed by atoms with Gasteiger partial charge >= 0.3 is 0 Å². The van der Waals surface area contributed by atoms with E-state index in [1.807, 2.05) is 6.92 Å². The SMILES string of the molecule is CC1CN(C(=O)c2ccc(O)c(O)c2)CCCO1. The molecular weight excluding hydrogens is 234 g/mol. The third kappa shape index (κ3) is 2.73. The fraction of sp³-hybridized carbons (Fsp3) is 0.462. The standard InChI is InChI=1S/C13H17NO4/c1-9-8-14(5-2-6-18-9)13(17)10-3-4-11(15)12(16)7-10/h3-4,7,9,15-16H,2,5-6,8H2,1H3. The van der Waals surface area contributed by atoms with Gasteiger partial charge in [-0.1, -0.05) is 0 Å². The van der Waals surface area contributed by atoms with Gasteiger partial charge in [-0.05, 0) is 31.5 Å². The molecule has 1 aromatic rings. The zero-order chi connectivity index (χ0) is 13.1. The number of benzene rings is 1. The van der Waals surface area contributed by atoms with E-state index < -0.39 is 0 Å². The van der Waals surface area contributed by atoms with E-state index in [0.29, 0.717) is 25.3 Å². The highest BCUT2D eigenvalue weighted by Gasteiger charge is 2.21. The van der Waals surface area contributed by atoms with Gasteiger partial charge in [-0.2, -0.15) is 0 Å². The molecule has 0 bridgehead atoms. The number of rotatable bonds is 1. The average molecular weight is 251 g/mol. The van der Waals surface area contributed by atoms with Gasteiger partial charge in [0.25, 0.3) is 5.91 Å². The van der Waals surface area contributed by atoms with Crippen molar-refractivity contribution >= 4 is 5.91 Å². The van der Waals surface area contributed by atoms with Gasteiger partial charge in [-0.15, -0.1) is 0 Å². The second-order valence-corrected chi connectivity index (χ2v) is 4.49. The van der Waals surface area contributed by atoms with Crippen molar-refractivity contribution in [3.63, 3.8) is 0 Å². The molecule has 1 saturated heterocycles. The van der Waals surface area contributed by atoms with Crippen LogP contribution in [-0.2, 0) is 4.74 Å². The Bertz CT molecular complexity index is 447. The number of hydrogen-bond donors (Lipinski definition) is 2. The Morgan fingerprint density at radius 3 is 2.89 bits per heavy atom. The van der Waals surface area contributed by atoms with Crippen LogP contribution in [0.3, 0.4) is 0 Å². The number of ether oxygens (including phenoxy) is 1. The molecule has 5 nitrogen and oxygen atoms in total. The fourth-order valence-electron chi connectivity index (χ4n) is 2.02. The normalized spacial score (nSPS) is 20.5. The monoisotopic (exact) mass is 251 g/mol. The van der Waals surface area contributed by atoms with Crippen molar-refractivity contribution < 1.29 is 19.7 Å². The van der Waals surface area contributed by atoms with Crippen LogP contribution in [-0.4, -0.2) is 46.8 Å². The van der Waals surface area contributed by atoms with E-state index in [2.05, 4.69) is 0 Å². The maximum Gasteiger partial charge on any atom is 0.254 e. The van der Waals surface area contributed by atoms with E-state index >= 15 is 0 Å². The summed E-state index contributed by atoms with van der Waals surface area (Å²) >= 11 is 0. The molecule has 1 atom stereocenters. The summed E-state index contributed by atoms with van der Waals surface area (Å²) in [5.41, 5.74) is 0.374. The average Bonchev–Trinajstić information content (AvgIpc) is 2.56. The van der Waals surface area contributed by atoms with E-state index in [-0.39, 0.29) is 23.5 Å². The van der Waals surface area contributed by atoms with E-state index in [9.17, 15) is 15.0 Å². The lowest BCUT2D eigenvalue weighted by molar-refractivity contribution is 0.0562. The summed E-state index contributed by atoms with van der Waals surface area (Å²) in [6.07, 6.45) is 0.822. The minimum absolute atomic E-state index is 0.0159. The third-order valence-electron chi connectivity index (χ3n) is 2.96. The first-order chi connectivity index (χ1) is 8.58.